The number of hydrogen-bond acceptors (Lipinski definition) is 2. The quantitative estimate of drug-likeness (QED) is 0.725. The van der Waals surface area contributed by atoms with Crippen LogP contribution in [0.25, 0.3) is 11.0 Å². The molecule has 2 aromatic carbocycles. The second-order valence-electron chi connectivity index (χ2n) is 6.11. The molecule has 1 amide bonds. The standard InChI is InChI=1S/C20H23N3O/c1-3-7-18-22-17-13-16(12-14(2)19(17)23-18)20(24)21-11-10-15-8-5-4-6-9-15/h4-6,8-9,12-13H,3,7,10-11H2,1-2H3,(H,21,24)(H,22,23). The third-order valence-corrected chi connectivity index (χ3v) is 4.12. The van der Waals surface area contributed by atoms with Crippen molar-refractivity contribution in [3.63, 3.8) is 0 Å². The average molecular weight is 321 g/mol. The number of rotatable bonds is 6. The Labute approximate surface area is 142 Å². The maximum atomic E-state index is 12.4. The molecule has 0 atom stereocenters. The summed E-state index contributed by atoms with van der Waals surface area (Å²) in [6.07, 6.45) is 2.80. The summed E-state index contributed by atoms with van der Waals surface area (Å²) in [6.45, 7) is 4.76. The Morgan fingerprint density at radius 3 is 2.71 bits per heavy atom. The molecule has 0 saturated carbocycles. The summed E-state index contributed by atoms with van der Waals surface area (Å²) < 4.78 is 0. The molecule has 0 aliphatic rings. The number of aryl methyl sites for hydroxylation is 2. The van der Waals surface area contributed by atoms with Crippen LogP contribution in [0.15, 0.2) is 42.5 Å². The van der Waals surface area contributed by atoms with Crippen molar-refractivity contribution in [1.82, 2.24) is 15.3 Å². The van der Waals surface area contributed by atoms with Gasteiger partial charge >= 0.3 is 0 Å². The number of amides is 1. The molecule has 3 rings (SSSR count). The number of aromatic nitrogens is 2. The van der Waals surface area contributed by atoms with Crippen LogP contribution in [0.5, 0.6) is 0 Å². The number of carbonyl (C=O) groups excluding carboxylic acids is 1. The second kappa shape index (κ2) is 7.30. The fourth-order valence-corrected chi connectivity index (χ4v) is 2.90. The van der Waals surface area contributed by atoms with Crippen molar-refractivity contribution in [3.8, 4) is 0 Å². The van der Waals surface area contributed by atoms with Gasteiger partial charge in [0.1, 0.15) is 5.82 Å². The molecule has 1 heterocycles. The van der Waals surface area contributed by atoms with Crippen molar-refractivity contribution in [2.24, 2.45) is 0 Å². The van der Waals surface area contributed by atoms with Gasteiger partial charge in [-0.05, 0) is 43.0 Å². The van der Waals surface area contributed by atoms with Crippen LogP contribution in [-0.4, -0.2) is 22.4 Å². The maximum absolute atomic E-state index is 12.4. The third-order valence-electron chi connectivity index (χ3n) is 4.12. The Morgan fingerprint density at radius 1 is 1.17 bits per heavy atom. The molecule has 4 nitrogen and oxygen atoms in total. The predicted molar refractivity (Wildman–Crippen MR) is 97.3 cm³/mol. The molecular formula is C20H23N3O. The summed E-state index contributed by atoms with van der Waals surface area (Å²) in [5.41, 5.74) is 4.83. The van der Waals surface area contributed by atoms with E-state index in [2.05, 4.69) is 34.3 Å². The molecule has 24 heavy (non-hydrogen) atoms. The topological polar surface area (TPSA) is 57.8 Å². The second-order valence-corrected chi connectivity index (χ2v) is 6.11. The lowest BCUT2D eigenvalue weighted by molar-refractivity contribution is 0.0954. The highest BCUT2D eigenvalue weighted by Gasteiger charge is 2.11. The number of carbonyl (C=O) groups is 1. The van der Waals surface area contributed by atoms with Crippen LogP contribution in [-0.2, 0) is 12.8 Å². The minimum atomic E-state index is -0.0393. The van der Waals surface area contributed by atoms with Crippen molar-refractivity contribution in [2.75, 3.05) is 6.54 Å². The molecular weight excluding hydrogens is 298 g/mol. The van der Waals surface area contributed by atoms with Crippen LogP contribution in [0.1, 0.15) is 40.7 Å². The smallest absolute Gasteiger partial charge is 0.251 e. The van der Waals surface area contributed by atoms with Gasteiger partial charge in [0.25, 0.3) is 5.91 Å². The molecule has 0 aliphatic carbocycles. The number of benzene rings is 2. The predicted octanol–water partition coefficient (Wildman–Crippen LogP) is 3.80. The highest BCUT2D eigenvalue weighted by atomic mass is 16.1. The Kier molecular flexibility index (Phi) is 4.94. The molecule has 3 aromatic rings. The summed E-state index contributed by atoms with van der Waals surface area (Å²) in [6, 6.07) is 14.0. The van der Waals surface area contributed by atoms with Crippen LogP contribution in [0.3, 0.4) is 0 Å². The van der Waals surface area contributed by atoms with E-state index in [0.29, 0.717) is 12.1 Å². The largest absolute Gasteiger partial charge is 0.352 e. The number of nitrogens with zero attached hydrogens (tertiary/aromatic N) is 1. The zero-order valence-corrected chi connectivity index (χ0v) is 14.2. The first kappa shape index (κ1) is 16.2. The van der Waals surface area contributed by atoms with Crippen molar-refractivity contribution < 1.29 is 4.79 Å². The lowest BCUT2D eigenvalue weighted by Gasteiger charge is -2.06. The van der Waals surface area contributed by atoms with Gasteiger partial charge in [-0.15, -0.1) is 0 Å². The number of fused-ring (bicyclic) bond motifs is 1. The van der Waals surface area contributed by atoms with E-state index in [1.165, 1.54) is 5.56 Å². The van der Waals surface area contributed by atoms with Crippen molar-refractivity contribution >= 4 is 16.9 Å². The van der Waals surface area contributed by atoms with E-state index in [1.807, 2.05) is 37.3 Å². The lowest BCUT2D eigenvalue weighted by Crippen LogP contribution is -2.25. The Bertz CT molecular complexity index is 837. The molecule has 0 radical (unpaired) electrons. The molecule has 124 valence electrons. The highest BCUT2D eigenvalue weighted by Crippen LogP contribution is 2.19. The third kappa shape index (κ3) is 3.65. The molecule has 0 saturated heterocycles. The van der Waals surface area contributed by atoms with Gasteiger partial charge in [0, 0.05) is 18.5 Å². The van der Waals surface area contributed by atoms with Gasteiger partial charge in [-0.3, -0.25) is 4.79 Å². The number of hydrogen-bond donors (Lipinski definition) is 2. The van der Waals surface area contributed by atoms with E-state index in [0.717, 1.165) is 41.7 Å². The monoisotopic (exact) mass is 321 g/mol. The summed E-state index contributed by atoms with van der Waals surface area (Å²) in [4.78, 5) is 20.4. The SMILES string of the molecule is CCCc1nc2c(C)cc(C(=O)NCCc3ccccc3)cc2[nH]1. The fourth-order valence-electron chi connectivity index (χ4n) is 2.90. The van der Waals surface area contributed by atoms with Gasteiger partial charge in [-0.1, -0.05) is 37.3 Å². The normalized spacial score (nSPS) is 10.9. The number of imidazole rings is 1. The van der Waals surface area contributed by atoms with Crippen molar-refractivity contribution in [1.29, 1.82) is 0 Å². The summed E-state index contributed by atoms with van der Waals surface area (Å²) in [5.74, 6) is 0.944. The molecule has 0 fully saturated rings. The molecule has 0 spiro atoms. The van der Waals surface area contributed by atoms with Gasteiger partial charge in [0.15, 0.2) is 0 Å². The summed E-state index contributed by atoms with van der Waals surface area (Å²) >= 11 is 0. The van der Waals surface area contributed by atoms with Crippen LogP contribution in [0, 0.1) is 6.92 Å². The Balaban J connectivity index is 1.70. The first-order valence-corrected chi connectivity index (χ1v) is 8.48. The zero-order valence-electron chi connectivity index (χ0n) is 14.2. The number of aromatic amines is 1. The minimum absolute atomic E-state index is 0.0393. The lowest BCUT2D eigenvalue weighted by atomic mass is 10.1. The minimum Gasteiger partial charge on any atom is -0.352 e. The number of H-pyrrole nitrogens is 1. The van der Waals surface area contributed by atoms with E-state index < -0.39 is 0 Å². The molecule has 2 N–H and O–H groups in total. The van der Waals surface area contributed by atoms with Crippen molar-refractivity contribution in [2.45, 2.75) is 33.1 Å². The van der Waals surface area contributed by atoms with Crippen LogP contribution in [0.4, 0.5) is 0 Å². The van der Waals surface area contributed by atoms with E-state index in [1.54, 1.807) is 0 Å². The van der Waals surface area contributed by atoms with Crippen LogP contribution < -0.4 is 5.32 Å². The summed E-state index contributed by atoms with van der Waals surface area (Å²) in [5, 5.41) is 3.00. The van der Waals surface area contributed by atoms with Crippen LogP contribution in [0.2, 0.25) is 0 Å². The van der Waals surface area contributed by atoms with Gasteiger partial charge in [0.05, 0.1) is 11.0 Å². The van der Waals surface area contributed by atoms with Gasteiger partial charge in [-0.25, -0.2) is 4.98 Å². The van der Waals surface area contributed by atoms with E-state index in [9.17, 15) is 4.79 Å². The molecule has 0 aliphatic heterocycles. The molecule has 0 bridgehead atoms. The van der Waals surface area contributed by atoms with E-state index >= 15 is 0 Å². The first-order valence-electron chi connectivity index (χ1n) is 8.48. The van der Waals surface area contributed by atoms with E-state index in [-0.39, 0.29) is 5.91 Å². The maximum Gasteiger partial charge on any atom is 0.251 e. The Hall–Kier alpha value is -2.62. The van der Waals surface area contributed by atoms with Gasteiger partial charge in [0.2, 0.25) is 0 Å². The van der Waals surface area contributed by atoms with Crippen LogP contribution >= 0.6 is 0 Å². The fraction of sp³-hybridized carbons (Fsp3) is 0.300. The molecule has 1 aromatic heterocycles. The number of nitrogens with one attached hydrogen (secondary N) is 2. The zero-order chi connectivity index (χ0) is 16.9. The summed E-state index contributed by atoms with van der Waals surface area (Å²) in [7, 11) is 0. The van der Waals surface area contributed by atoms with Crippen molar-refractivity contribution in [3.05, 3.63) is 65.0 Å². The Morgan fingerprint density at radius 2 is 1.96 bits per heavy atom. The van der Waals surface area contributed by atoms with E-state index in [4.69, 9.17) is 0 Å². The first-order chi connectivity index (χ1) is 11.7. The highest BCUT2D eigenvalue weighted by molar-refractivity contribution is 5.98. The average Bonchev–Trinajstić information content (AvgIpc) is 2.99. The van der Waals surface area contributed by atoms with Gasteiger partial charge in [-0.2, -0.15) is 0 Å². The molecule has 4 heteroatoms. The van der Waals surface area contributed by atoms with Gasteiger partial charge < -0.3 is 10.3 Å². The molecule has 0 unspecified atom stereocenters.